The molecule has 0 aromatic carbocycles. The van der Waals surface area contributed by atoms with Gasteiger partial charge in [-0.2, -0.15) is 0 Å². The van der Waals surface area contributed by atoms with E-state index < -0.39 is 5.97 Å². The van der Waals surface area contributed by atoms with Crippen LogP contribution >= 0.6 is 0 Å². The smallest absolute Gasteiger partial charge is 0.341 e. The summed E-state index contributed by atoms with van der Waals surface area (Å²) in [6.45, 7) is 3.90. The van der Waals surface area contributed by atoms with E-state index in [1.165, 1.54) is 13.3 Å². The minimum atomic E-state index is -0.520. The molecule has 0 spiro atoms. The third-order valence-electron chi connectivity index (χ3n) is 2.50. The number of nitrogens with one attached hydrogen (secondary N) is 2. The largest absolute Gasteiger partial charge is 0.465 e. The van der Waals surface area contributed by atoms with Crippen LogP contribution in [0, 0.1) is 0 Å². The average Bonchev–Trinajstić information content (AvgIpc) is 2.74. The fourth-order valence-electron chi connectivity index (χ4n) is 1.57. The number of aromatic nitrogens is 3. The SMILES string of the molecule is COC(=O)c1c[nH]c(=O)c2[nH]c(C(C)C)nc12. The van der Waals surface area contributed by atoms with Crippen molar-refractivity contribution in [2.24, 2.45) is 0 Å². The molecular weight excluding hydrogens is 222 g/mol. The number of esters is 1. The van der Waals surface area contributed by atoms with E-state index >= 15 is 0 Å². The Balaban J connectivity index is 2.76. The Labute approximate surface area is 97.0 Å². The summed E-state index contributed by atoms with van der Waals surface area (Å²) in [4.78, 5) is 32.8. The Morgan fingerprint density at radius 2 is 2.18 bits per heavy atom. The number of imidazole rings is 1. The first-order valence-corrected chi connectivity index (χ1v) is 5.24. The molecule has 0 atom stereocenters. The summed E-state index contributed by atoms with van der Waals surface area (Å²) in [6.07, 6.45) is 1.32. The van der Waals surface area contributed by atoms with Crippen LogP contribution in [0.25, 0.3) is 11.0 Å². The highest BCUT2D eigenvalue weighted by atomic mass is 16.5. The van der Waals surface area contributed by atoms with Crippen molar-refractivity contribution in [1.29, 1.82) is 0 Å². The molecule has 0 aliphatic rings. The van der Waals surface area contributed by atoms with E-state index in [-0.39, 0.29) is 17.0 Å². The molecule has 0 aliphatic heterocycles. The quantitative estimate of drug-likeness (QED) is 0.764. The van der Waals surface area contributed by atoms with Crippen molar-refractivity contribution in [3.05, 3.63) is 27.9 Å². The molecule has 2 heterocycles. The van der Waals surface area contributed by atoms with E-state index in [1.807, 2.05) is 13.8 Å². The van der Waals surface area contributed by atoms with Crippen molar-refractivity contribution in [1.82, 2.24) is 15.0 Å². The number of ether oxygens (including phenoxy) is 1. The van der Waals surface area contributed by atoms with Gasteiger partial charge in [0.15, 0.2) is 0 Å². The molecule has 0 saturated heterocycles. The van der Waals surface area contributed by atoms with Crippen molar-refractivity contribution in [3.63, 3.8) is 0 Å². The minimum absolute atomic E-state index is 0.146. The summed E-state index contributed by atoms with van der Waals surface area (Å²) in [6, 6.07) is 0. The summed E-state index contributed by atoms with van der Waals surface area (Å²) in [7, 11) is 1.29. The minimum Gasteiger partial charge on any atom is -0.465 e. The zero-order chi connectivity index (χ0) is 12.6. The van der Waals surface area contributed by atoms with Gasteiger partial charge in [0.25, 0.3) is 5.56 Å². The Bertz CT molecular complexity index is 624. The van der Waals surface area contributed by atoms with E-state index in [9.17, 15) is 9.59 Å². The van der Waals surface area contributed by atoms with Crippen molar-refractivity contribution in [2.45, 2.75) is 19.8 Å². The standard InChI is InChI=1S/C11H13N3O3/c1-5(2)9-13-7-6(11(16)17-3)4-12-10(15)8(7)14-9/h4-5H,1-3H3,(H,12,15)(H,13,14). The van der Waals surface area contributed by atoms with E-state index in [0.29, 0.717) is 16.9 Å². The lowest BCUT2D eigenvalue weighted by Crippen LogP contribution is -2.11. The second kappa shape index (κ2) is 4.04. The molecule has 2 aromatic heterocycles. The summed E-state index contributed by atoms with van der Waals surface area (Å²) >= 11 is 0. The number of methoxy groups -OCH3 is 1. The number of carbonyl (C=O) groups is 1. The Morgan fingerprint density at radius 3 is 2.76 bits per heavy atom. The van der Waals surface area contributed by atoms with Crippen LogP contribution < -0.4 is 5.56 Å². The molecule has 17 heavy (non-hydrogen) atoms. The summed E-state index contributed by atoms with van der Waals surface area (Å²) < 4.78 is 4.64. The lowest BCUT2D eigenvalue weighted by atomic mass is 10.2. The van der Waals surface area contributed by atoms with Gasteiger partial charge in [0.05, 0.1) is 7.11 Å². The number of pyridine rings is 1. The molecule has 2 N–H and O–H groups in total. The zero-order valence-corrected chi connectivity index (χ0v) is 9.83. The van der Waals surface area contributed by atoms with Gasteiger partial charge >= 0.3 is 5.97 Å². The molecule has 6 heteroatoms. The molecule has 0 bridgehead atoms. The molecule has 2 aromatic rings. The molecule has 6 nitrogen and oxygen atoms in total. The van der Waals surface area contributed by atoms with Gasteiger partial charge in [-0.05, 0) is 0 Å². The maximum absolute atomic E-state index is 11.6. The molecule has 0 aliphatic carbocycles. The number of nitrogens with zero attached hydrogens (tertiary/aromatic N) is 1. The van der Waals surface area contributed by atoms with Crippen LogP contribution in [0.1, 0.15) is 35.9 Å². The van der Waals surface area contributed by atoms with Gasteiger partial charge in [0.2, 0.25) is 0 Å². The van der Waals surface area contributed by atoms with Crippen LogP contribution in [-0.4, -0.2) is 28.0 Å². The molecule has 0 unspecified atom stereocenters. The summed E-state index contributed by atoms with van der Waals surface area (Å²) in [5, 5.41) is 0. The van der Waals surface area contributed by atoms with Crippen molar-refractivity contribution >= 4 is 17.0 Å². The first-order chi connectivity index (χ1) is 8.04. The van der Waals surface area contributed by atoms with Crippen LogP contribution in [0.15, 0.2) is 11.0 Å². The second-order valence-corrected chi connectivity index (χ2v) is 4.02. The Morgan fingerprint density at radius 1 is 1.47 bits per heavy atom. The number of hydrogen-bond acceptors (Lipinski definition) is 4. The normalized spacial score (nSPS) is 11.1. The molecule has 0 fully saturated rings. The van der Waals surface area contributed by atoms with Gasteiger partial charge in [-0.1, -0.05) is 13.8 Å². The van der Waals surface area contributed by atoms with Crippen LogP contribution in [0.5, 0.6) is 0 Å². The van der Waals surface area contributed by atoms with E-state index in [2.05, 4.69) is 19.7 Å². The molecule has 90 valence electrons. The van der Waals surface area contributed by atoms with Gasteiger partial charge in [-0.3, -0.25) is 4.79 Å². The summed E-state index contributed by atoms with van der Waals surface area (Å²) in [5.41, 5.74) is 0.609. The zero-order valence-electron chi connectivity index (χ0n) is 9.83. The van der Waals surface area contributed by atoms with Gasteiger partial charge in [0.1, 0.15) is 22.4 Å². The van der Waals surface area contributed by atoms with Crippen molar-refractivity contribution in [3.8, 4) is 0 Å². The van der Waals surface area contributed by atoms with E-state index in [0.717, 1.165) is 0 Å². The molecular formula is C11H13N3O3. The predicted molar refractivity (Wildman–Crippen MR) is 62.1 cm³/mol. The second-order valence-electron chi connectivity index (χ2n) is 4.02. The van der Waals surface area contributed by atoms with E-state index in [4.69, 9.17) is 0 Å². The van der Waals surface area contributed by atoms with Gasteiger partial charge in [-0.25, -0.2) is 9.78 Å². The number of fused-ring (bicyclic) bond motifs is 1. The highest BCUT2D eigenvalue weighted by molar-refractivity contribution is 6.01. The number of carbonyl (C=O) groups excluding carboxylic acids is 1. The summed E-state index contributed by atoms with van der Waals surface area (Å²) in [5.74, 6) is 0.294. The molecule has 2 rings (SSSR count). The first-order valence-electron chi connectivity index (χ1n) is 5.24. The van der Waals surface area contributed by atoms with Crippen molar-refractivity contribution in [2.75, 3.05) is 7.11 Å². The third kappa shape index (κ3) is 1.82. The fourth-order valence-corrected chi connectivity index (χ4v) is 1.57. The number of H-pyrrole nitrogens is 2. The maximum atomic E-state index is 11.6. The topological polar surface area (TPSA) is 87.8 Å². The first kappa shape index (κ1) is 11.4. The number of rotatable bonds is 2. The molecule has 0 radical (unpaired) electrons. The highest BCUT2D eigenvalue weighted by Gasteiger charge is 2.17. The number of hydrogen-bond donors (Lipinski definition) is 2. The average molecular weight is 235 g/mol. The molecule has 0 saturated carbocycles. The highest BCUT2D eigenvalue weighted by Crippen LogP contribution is 2.17. The Kier molecular flexibility index (Phi) is 2.71. The lowest BCUT2D eigenvalue weighted by Gasteiger charge is -1.98. The predicted octanol–water partition coefficient (Wildman–Crippen LogP) is 1.16. The van der Waals surface area contributed by atoms with Crippen LogP contribution in [0.2, 0.25) is 0 Å². The van der Waals surface area contributed by atoms with E-state index in [1.54, 1.807) is 0 Å². The number of aromatic amines is 2. The monoisotopic (exact) mass is 235 g/mol. The lowest BCUT2D eigenvalue weighted by molar-refractivity contribution is 0.0602. The van der Waals surface area contributed by atoms with Gasteiger partial charge in [0, 0.05) is 12.1 Å². The van der Waals surface area contributed by atoms with Crippen molar-refractivity contribution < 1.29 is 9.53 Å². The molecule has 0 amide bonds. The van der Waals surface area contributed by atoms with Gasteiger partial charge in [-0.15, -0.1) is 0 Å². The third-order valence-corrected chi connectivity index (χ3v) is 2.50. The Hall–Kier alpha value is -2.11. The van der Waals surface area contributed by atoms with Crippen LogP contribution in [-0.2, 0) is 4.74 Å². The van der Waals surface area contributed by atoms with Crippen LogP contribution in [0.3, 0.4) is 0 Å². The fraction of sp³-hybridized carbons (Fsp3) is 0.364. The van der Waals surface area contributed by atoms with Gasteiger partial charge < -0.3 is 14.7 Å². The maximum Gasteiger partial charge on any atom is 0.341 e. The van der Waals surface area contributed by atoms with Crippen LogP contribution in [0.4, 0.5) is 0 Å².